The average Bonchev–Trinajstić information content (AvgIpc) is 2.77. The minimum absolute atomic E-state index is 0.251. The smallest absolute Gasteiger partial charge is 0.352 e. The van der Waals surface area contributed by atoms with E-state index in [-0.39, 0.29) is 4.91 Å². The highest BCUT2D eigenvalue weighted by Gasteiger charge is 2.47. The Bertz CT molecular complexity index is 548. The Morgan fingerprint density at radius 1 is 1.41 bits per heavy atom. The molecule has 2 aliphatic rings. The van der Waals surface area contributed by atoms with E-state index in [1.165, 1.54) is 47.5 Å². The first-order valence-electron chi connectivity index (χ1n) is 4.39. The summed E-state index contributed by atoms with van der Waals surface area (Å²) < 4.78 is 30.7. The number of fused-ring (bicyclic) bond motifs is 1. The number of esters is 1. The Balaban J connectivity index is 2.68. The summed E-state index contributed by atoms with van der Waals surface area (Å²) in [7, 11) is 1.62. The molecule has 0 atom stereocenters. The summed E-state index contributed by atoms with van der Waals surface area (Å²) in [5.74, 6) is -0.808. The molecule has 17 heavy (non-hydrogen) atoms. The molecule has 0 aromatic carbocycles. The van der Waals surface area contributed by atoms with Crippen LogP contribution in [-0.2, 0) is 19.6 Å². The highest BCUT2D eigenvalue weighted by Crippen LogP contribution is 2.59. The third kappa shape index (κ3) is 1.79. The molecular formula is C8H9NO4S4. The largest absolute Gasteiger partial charge is 0.465 e. The molecule has 0 bridgehead atoms. The molecule has 2 rings (SSSR count). The molecule has 0 fully saturated rings. The highest BCUT2D eigenvalue weighted by atomic mass is 33.1. The van der Waals surface area contributed by atoms with Gasteiger partial charge in [0.1, 0.15) is 0 Å². The van der Waals surface area contributed by atoms with Crippen molar-refractivity contribution in [2.24, 2.45) is 0 Å². The van der Waals surface area contributed by atoms with Gasteiger partial charge in [-0.25, -0.2) is 13.2 Å². The van der Waals surface area contributed by atoms with Crippen molar-refractivity contribution < 1.29 is 17.9 Å². The molecule has 9 heteroatoms. The Morgan fingerprint density at radius 3 is 2.59 bits per heavy atom. The van der Waals surface area contributed by atoms with Gasteiger partial charge >= 0.3 is 5.97 Å². The first kappa shape index (κ1) is 13.2. The van der Waals surface area contributed by atoms with Crippen LogP contribution in [0.5, 0.6) is 0 Å². The van der Waals surface area contributed by atoms with Crippen LogP contribution in [0.3, 0.4) is 0 Å². The van der Waals surface area contributed by atoms with Gasteiger partial charge in [-0.1, -0.05) is 0 Å². The van der Waals surface area contributed by atoms with Crippen molar-refractivity contribution in [1.29, 1.82) is 0 Å². The zero-order chi connectivity index (χ0) is 12.8. The number of carbonyl (C=O) groups excluding carboxylic acids is 1. The Hall–Kier alpha value is -0.250. The molecule has 0 radical (unpaired) electrons. The first-order valence-corrected chi connectivity index (χ1v) is 9.21. The van der Waals surface area contributed by atoms with Crippen LogP contribution in [0.1, 0.15) is 0 Å². The molecule has 0 aliphatic carbocycles. The minimum atomic E-state index is -3.75. The zero-order valence-electron chi connectivity index (χ0n) is 9.21. The Morgan fingerprint density at radius 2 is 2.06 bits per heavy atom. The van der Waals surface area contributed by atoms with E-state index in [1.807, 2.05) is 6.26 Å². The van der Waals surface area contributed by atoms with Gasteiger partial charge in [0.15, 0.2) is 4.91 Å². The van der Waals surface area contributed by atoms with E-state index >= 15 is 0 Å². The molecule has 0 spiro atoms. The second-order valence-corrected chi connectivity index (χ2v) is 8.26. The van der Waals surface area contributed by atoms with E-state index in [4.69, 9.17) is 0 Å². The van der Waals surface area contributed by atoms with Gasteiger partial charge in [-0.3, -0.25) is 4.31 Å². The van der Waals surface area contributed by atoms with Gasteiger partial charge in [0.2, 0.25) is 0 Å². The summed E-state index contributed by atoms with van der Waals surface area (Å²) in [6.07, 6.45) is 1.87. The molecule has 0 aromatic rings. The second kappa shape index (κ2) is 4.45. The maximum absolute atomic E-state index is 12.1. The lowest BCUT2D eigenvalue weighted by Gasteiger charge is -2.13. The fourth-order valence-electron chi connectivity index (χ4n) is 1.46. The molecule has 0 amide bonds. The number of sulfonamides is 1. The standard InChI is InChI=1S/C8H9NO4S4/c1-9-4-5(15-16-8(4)14-3)6(7(10)13-2)17(9,11)12/h1-3H3. The lowest BCUT2D eigenvalue weighted by atomic mass is 10.4. The number of carbonyl (C=O) groups is 1. The van der Waals surface area contributed by atoms with Crippen molar-refractivity contribution in [2.45, 2.75) is 0 Å². The van der Waals surface area contributed by atoms with Crippen LogP contribution >= 0.6 is 33.3 Å². The summed E-state index contributed by atoms with van der Waals surface area (Å²) >= 11 is 1.46. The van der Waals surface area contributed by atoms with Crippen molar-refractivity contribution >= 4 is 49.3 Å². The first-order chi connectivity index (χ1) is 7.95. The summed E-state index contributed by atoms with van der Waals surface area (Å²) in [4.78, 5) is 11.8. The molecule has 0 N–H and O–H groups in total. The Kier molecular flexibility index (Phi) is 3.45. The van der Waals surface area contributed by atoms with E-state index in [0.29, 0.717) is 10.6 Å². The van der Waals surface area contributed by atoms with Gasteiger partial charge in [0.05, 0.1) is 21.9 Å². The van der Waals surface area contributed by atoms with Crippen LogP contribution in [-0.4, -0.2) is 39.1 Å². The van der Waals surface area contributed by atoms with E-state index in [1.54, 1.807) is 0 Å². The Labute approximate surface area is 111 Å². The second-order valence-electron chi connectivity index (χ2n) is 3.13. The van der Waals surface area contributed by atoms with Crippen LogP contribution in [0.2, 0.25) is 0 Å². The topological polar surface area (TPSA) is 63.7 Å². The van der Waals surface area contributed by atoms with Crippen molar-refractivity contribution in [3.8, 4) is 0 Å². The quantitative estimate of drug-likeness (QED) is 0.566. The summed E-state index contributed by atoms with van der Waals surface area (Å²) in [5, 5.41) is 0. The zero-order valence-corrected chi connectivity index (χ0v) is 12.5. The highest BCUT2D eigenvalue weighted by molar-refractivity contribution is 8.82. The van der Waals surface area contributed by atoms with Gasteiger partial charge in [-0.15, -0.1) is 11.8 Å². The monoisotopic (exact) mass is 311 g/mol. The molecule has 0 saturated heterocycles. The van der Waals surface area contributed by atoms with Crippen molar-refractivity contribution in [1.82, 2.24) is 4.31 Å². The van der Waals surface area contributed by atoms with Crippen molar-refractivity contribution in [3.05, 3.63) is 19.7 Å². The van der Waals surface area contributed by atoms with Crippen molar-refractivity contribution in [2.75, 3.05) is 20.4 Å². The maximum atomic E-state index is 12.1. The van der Waals surface area contributed by atoms with E-state index in [9.17, 15) is 13.2 Å². The van der Waals surface area contributed by atoms with Crippen LogP contribution < -0.4 is 0 Å². The average molecular weight is 311 g/mol. The number of thioether (sulfide) groups is 1. The van der Waals surface area contributed by atoms with Gasteiger partial charge in [-0.05, 0) is 27.8 Å². The number of likely N-dealkylation sites (N-methyl/N-ethyl adjacent to an activating group) is 1. The molecule has 0 saturated carbocycles. The molecule has 2 heterocycles. The fraction of sp³-hybridized carbons (Fsp3) is 0.375. The van der Waals surface area contributed by atoms with E-state index in [2.05, 4.69) is 4.74 Å². The number of methoxy groups -OCH3 is 1. The number of ether oxygens (including phenoxy) is 1. The third-order valence-electron chi connectivity index (χ3n) is 2.30. The van der Waals surface area contributed by atoms with Crippen LogP contribution in [0.15, 0.2) is 19.7 Å². The summed E-state index contributed by atoms with van der Waals surface area (Å²) in [5.41, 5.74) is 0.591. The molecule has 0 unspecified atom stereocenters. The molecule has 2 aliphatic heterocycles. The summed E-state index contributed by atoms with van der Waals surface area (Å²) in [6.45, 7) is 0. The number of nitrogens with zero attached hydrogens (tertiary/aromatic N) is 1. The predicted octanol–water partition coefficient (Wildman–Crippen LogP) is 1.57. The normalized spacial score (nSPS) is 22.2. The number of hydrogen-bond acceptors (Lipinski definition) is 7. The minimum Gasteiger partial charge on any atom is -0.465 e. The molecule has 0 aromatic heterocycles. The molecular weight excluding hydrogens is 302 g/mol. The van der Waals surface area contributed by atoms with Crippen molar-refractivity contribution in [3.63, 3.8) is 0 Å². The van der Waals surface area contributed by atoms with Crippen LogP contribution in [0.25, 0.3) is 0 Å². The molecule has 5 nitrogen and oxygen atoms in total. The SMILES string of the molecule is COC(=O)C1=C2SSC(SC)=C2N(C)S1(=O)=O. The van der Waals surface area contributed by atoms with Gasteiger partial charge in [0, 0.05) is 7.05 Å². The molecule has 94 valence electrons. The lowest BCUT2D eigenvalue weighted by molar-refractivity contribution is -0.135. The maximum Gasteiger partial charge on any atom is 0.352 e. The number of rotatable bonds is 2. The van der Waals surface area contributed by atoms with Gasteiger partial charge in [0.25, 0.3) is 10.0 Å². The summed E-state index contributed by atoms with van der Waals surface area (Å²) in [6, 6.07) is 0. The predicted molar refractivity (Wildman–Crippen MR) is 71.4 cm³/mol. The van der Waals surface area contributed by atoms with Gasteiger partial charge < -0.3 is 4.74 Å². The lowest BCUT2D eigenvalue weighted by Crippen LogP contribution is -2.24. The third-order valence-corrected chi connectivity index (χ3v) is 8.10. The number of hydrogen-bond donors (Lipinski definition) is 0. The van der Waals surface area contributed by atoms with E-state index in [0.717, 1.165) is 8.54 Å². The fourth-order valence-corrected chi connectivity index (χ4v) is 7.46. The van der Waals surface area contributed by atoms with Crippen LogP contribution in [0, 0.1) is 0 Å². The van der Waals surface area contributed by atoms with Gasteiger partial charge in [-0.2, -0.15) is 0 Å². The van der Waals surface area contributed by atoms with E-state index < -0.39 is 16.0 Å². The van der Waals surface area contributed by atoms with Crippen LogP contribution in [0.4, 0.5) is 0 Å².